The van der Waals surface area contributed by atoms with Crippen LogP contribution in [0.2, 0.25) is 5.02 Å². The molecule has 2 aromatic heterocycles. The van der Waals surface area contributed by atoms with Crippen molar-refractivity contribution in [3.63, 3.8) is 0 Å². The maximum atomic E-state index is 13.1. The van der Waals surface area contributed by atoms with E-state index in [4.69, 9.17) is 17.3 Å². The van der Waals surface area contributed by atoms with E-state index in [9.17, 15) is 9.59 Å². The number of hydrogen-bond acceptors (Lipinski definition) is 5. The lowest BCUT2D eigenvalue weighted by Gasteiger charge is -2.21. The summed E-state index contributed by atoms with van der Waals surface area (Å²) in [4.78, 5) is 33.8. The number of nitrogens with two attached hydrogens (primary N) is 1. The third-order valence-corrected chi connectivity index (χ3v) is 5.45. The van der Waals surface area contributed by atoms with E-state index in [2.05, 4.69) is 31.2 Å². The van der Waals surface area contributed by atoms with E-state index < -0.39 is 11.9 Å². The highest BCUT2D eigenvalue weighted by molar-refractivity contribution is 9.10. The van der Waals surface area contributed by atoms with E-state index in [1.807, 2.05) is 19.1 Å². The predicted molar refractivity (Wildman–Crippen MR) is 112 cm³/mol. The number of halogens is 2. The Kier molecular flexibility index (Phi) is 4.84. The maximum absolute atomic E-state index is 13.1. The van der Waals surface area contributed by atoms with Crippen molar-refractivity contribution in [2.75, 3.05) is 5.73 Å². The van der Waals surface area contributed by atoms with Gasteiger partial charge in [-0.2, -0.15) is 0 Å². The highest BCUT2D eigenvalue weighted by Gasteiger charge is 2.30. The molecule has 0 spiro atoms. The summed E-state index contributed by atoms with van der Waals surface area (Å²) in [5.41, 5.74) is 6.40. The van der Waals surface area contributed by atoms with Gasteiger partial charge in [0.15, 0.2) is 11.5 Å². The molecule has 1 amide bonds. The van der Waals surface area contributed by atoms with Gasteiger partial charge in [-0.25, -0.2) is 9.97 Å². The zero-order valence-electron chi connectivity index (χ0n) is 14.9. The number of carbonyl (C=O) groups is 1. The Hall–Kier alpha value is -2.45. The van der Waals surface area contributed by atoms with Gasteiger partial charge in [-0.3, -0.25) is 9.59 Å². The molecule has 1 aromatic carbocycles. The molecule has 28 heavy (non-hydrogen) atoms. The lowest BCUT2D eigenvalue weighted by atomic mass is 10.1. The second kappa shape index (κ2) is 7.18. The molecule has 0 bridgehead atoms. The van der Waals surface area contributed by atoms with Crippen LogP contribution in [-0.2, 0) is 0 Å². The Morgan fingerprint density at radius 2 is 2.18 bits per heavy atom. The molecule has 1 fully saturated rings. The van der Waals surface area contributed by atoms with Gasteiger partial charge in [-0.05, 0) is 53.2 Å². The van der Waals surface area contributed by atoms with Crippen LogP contribution in [-0.4, -0.2) is 20.4 Å². The number of benzene rings is 1. The fourth-order valence-electron chi connectivity index (χ4n) is 3.28. The van der Waals surface area contributed by atoms with Gasteiger partial charge < -0.3 is 15.6 Å². The molecule has 9 heteroatoms. The molecule has 0 saturated heterocycles. The SMILES string of the molecule is CC(NC(=O)c1nc(Br)cnc1N)c1cc2cccc(Cl)c2c(=O)n1C1CC1. The monoisotopic (exact) mass is 461 g/mol. The van der Waals surface area contributed by atoms with Gasteiger partial charge in [-0.1, -0.05) is 23.7 Å². The van der Waals surface area contributed by atoms with Gasteiger partial charge >= 0.3 is 0 Å². The van der Waals surface area contributed by atoms with Crippen LogP contribution in [0.1, 0.15) is 48.0 Å². The fourth-order valence-corrected chi connectivity index (χ4v) is 3.82. The molecule has 1 aliphatic carbocycles. The van der Waals surface area contributed by atoms with Crippen molar-refractivity contribution in [1.82, 2.24) is 19.9 Å². The Bertz CT molecular complexity index is 1160. The number of nitrogens with zero attached hydrogens (tertiary/aromatic N) is 3. The van der Waals surface area contributed by atoms with E-state index in [1.54, 1.807) is 16.7 Å². The molecule has 7 nitrogen and oxygen atoms in total. The minimum atomic E-state index is -0.459. The van der Waals surface area contributed by atoms with Crippen molar-refractivity contribution in [1.29, 1.82) is 0 Å². The lowest BCUT2D eigenvalue weighted by molar-refractivity contribution is 0.0933. The topological polar surface area (TPSA) is 103 Å². The Morgan fingerprint density at radius 1 is 1.43 bits per heavy atom. The van der Waals surface area contributed by atoms with Gasteiger partial charge in [0.05, 0.1) is 22.6 Å². The molecule has 1 saturated carbocycles. The van der Waals surface area contributed by atoms with Crippen molar-refractivity contribution in [3.05, 3.63) is 61.8 Å². The number of nitrogen functional groups attached to an aromatic ring is 1. The average molecular weight is 463 g/mol. The molecular formula is C19H17BrClN5O2. The number of pyridine rings is 1. The Morgan fingerprint density at radius 3 is 2.89 bits per heavy atom. The minimum absolute atomic E-state index is 0.0328. The molecule has 1 unspecified atom stereocenters. The summed E-state index contributed by atoms with van der Waals surface area (Å²) >= 11 is 9.46. The molecular weight excluding hydrogens is 446 g/mol. The third-order valence-electron chi connectivity index (χ3n) is 4.75. The first kappa shape index (κ1) is 18.9. The van der Waals surface area contributed by atoms with Crippen LogP contribution in [0.15, 0.2) is 39.9 Å². The summed E-state index contributed by atoms with van der Waals surface area (Å²) < 4.78 is 2.16. The number of amides is 1. The molecule has 0 radical (unpaired) electrons. The summed E-state index contributed by atoms with van der Waals surface area (Å²) in [5, 5.41) is 4.55. The zero-order chi connectivity index (χ0) is 20.0. The summed E-state index contributed by atoms with van der Waals surface area (Å²) in [5.74, 6) is -0.419. The highest BCUT2D eigenvalue weighted by atomic mass is 79.9. The summed E-state index contributed by atoms with van der Waals surface area (Å²) in [7, 11) is 0. The first-order valence-electron chi connectivity index (χ1n) is 8.79. The molecule has 0 aliphatic heterocycles. The second-order valence-electron chi connectivity index (χ2n) is 6.80. The smallest absolute Gasteiger partial charge is 0.274 e. The number of aromatic nitrogens is 3. The third kappa shape index (κ3) is 3.38. The molecule has 4 rings (SSSR count). The van der Waals surface area contributed by atoms with Crippen LogP contribution < -0.4 is 16.6 Å². The van der Waals surface area contributed by atoms with Gasteiger partial charge in [0, 0.05) is 11.7 Å². The van der Waals surface area contributed by atoms with E-state index in [1.165, 1.54) is 6.20 Å². The predicted octanol–water partition coefficient (Wildman–Crippen LogP) is 3.62. The molecule has 144 valence electrons. The van der Waals surface area contributed by atoms with Crippen molar-refractivity contribution in [2.45, 2.75) is 31.8 Å². The number of anilines is 1. The standard InChI is InChI=1S/C19H17BrClN5O2/c1-9(24-18(27)16-17(22)23-8-14(20)25-16)13-7-10-3-2-4-12(21)15(10)19(28)26(13)11-5-6-11/h2-4,7-9,11H,5-6H2,1H3,(H2,22,23)(H,24,27). The van der Waals surface area contributed by atoms with Gasteiger partial charge in [-0.15, -0.1) is 0 Å². The normalized spacial score (nSPS) is 14.8. The van der Waals surface area contributed by atoms with Crippen molar-refractivity contribution >= 4 is 50.0 Å². The van der Waals surface area contributed by atoms with E-state index >= 15 is 0 Å². The molecule has 2 heterocycles. The number of rotatable bonds is 4. The summed E-state index contributed by atoms with van der Waals surface area (Å²) in [6.07, 6.45) is 3.27. The van der Waals surface area contributed by atoms with E-state index in [0.717, 1.165) is 23.9 Å². The van der Waals surface area contributed by atoms with Crippen LogP contribution in [0.4, 0.5) is 5.82 Å². The quantitative estimate of drug-likeness (QED) is 0.616. The first-order valence-corrected chi connectivity index (χ1v) is 9.96. The molecule has 1 aliphatic rings. The Balaban J connectivity index is 1.76. The van der Waals surface area contributed by atoms with Crippen LogP contribution >= 0.6 is 27.5 Å². The number of nitrogens with one attached hydrogen (secondary N) is 1. The minimum Gasteiger partial charge on any atom is -0.382 e. The number of hydrogen-bond donors (Lipinski definition) is 2. The van der Waals surface area contributed by atoms with Crippen molar-refractivity contribution < 1.29 is 4.79 Å². The van der Waals surface area contributed by atoms with Crippen LogP contribution in [0.25, 0.3) is 10.8 Å². The zero-order valence-corrected chi connectivity index (χ0v) is 17.3. The summed E-state index contributed by atoms with van der Waals surface area (Å²) in [6, 6.07) is 6.94. The largest absolute Gasteiger partial charge is 0.382 e. The molecule has 3 aromatic rings. The van der Waals surface area contributed by atoms with E-state index in [0.29, 0.717) is 15.0 Å². The first-order chi connectivity index (χ1) is 13.4. The highest BCUT2D eigenvalue weighted by Crippen LogP contribution is 2.37. The van der Waals surface area contributed by atoms with Crippen molar-refractivity contribution in [3.8, 4) is 0 Å². The van der Waals surface area contributed by atoms with Crippen LogP contribution in [0, 0.1) is 0 Å². The summed E-state index contributed by atoms with van der Waals surface area (Å²) in [6.45, 7) is 1.82. The molecule has 1 atom stereocenters. The second-order valence-corrected chi connectivity index (χ2v) is 8.02. The van der Waals surface area contributed by atoms with Gasteiger partial charge in [0.2, 0.25) is 0 Å². The van der Waals surface area contributed by atoms with Crippen molar-refractivity contribution in [2.24, 2.45) is 0 Å². The van der Waals surface area contributed by atoms with Crippen LogP contribution in [0.5, 0.6) is 0 Å². The number of carbonyl (C=O) groups excluding carboxylic acids is 1. The Labute approximate surface area is 174 Å². The lowest BCUT2D eigenvalue weighted by Crippen LogP contribution is -2.33. The van der Waals surface area contributed by atoms with Crippen LogP contribution in [0.3, 0.4) is 0 Å². The average Bonchev–Trinajstić information content (AvgIpc) is 3.48. The maximum Gasteiger partial charge on any atom is 0.274 e. The molecule has 3 N–H and O–H groups in total. The fraction of sp³-hybridized carbons (Fsp3) is 0.263. The van der Waals surface area contributed by atoms with Gasteiger partial charge in [0.25, 0.3) is 11.5 Å². The van der Waals surface area contributed by atoms with E-state index in [-0.39, 0.29) is 23.1 Å². The number of fused-ring (bicyclic) bond motifs is 1. The van der Waals surface area contributed by atoms with Gasteiger partial charge in [0.1, 0.15) is 4.60 Å².